The van der Waals surface area contributed by atoms with Crippen LogP contribution in [0.4, 0.5) is 0 Å². The molecule has 1 amide bonds. The van der Waals surface area contributed by atoms with E-state index < -0.39 is 0 Å². The molecule has 27 heavy (non-hydrogen) atoms. The van der Waals surface area contributed by atoms with E-state index in [2.05, 4.69) is 10.2 Å². The normalized spacial score (nSPS) is 12.5. The van der Waals surface area contributed by atoms with Gasteiger partial charge >= 0.3 is 0 Å². The third kappa shape index (κ3) is 5.73. The molecule has 2 rings (SSSR count). The average molecular weight is 392 g/mol. The number of thioether (sulfide) groups is 1. The van der Waals surface area contributed by atoms with Gasteiger partial charge in [-0.2, -0.15) is 0 Å². The van der Waals surface area contributed by atoms with Gasteiger partial charge in [0.25, 0.3) is 11.1 Å². The van der Waals surface area contributed by atoms with E-state index in [9.17, 15) is 4.79 Å². The van der Waals surface area contributed by atoms with Crippen LogP contribution in [0.1, 0.15) is 51.6 Å². The van der Waals surface area contributed by atoms with Gasteiger partial charge in [0.15, 0.2) is 6.61 Å². The maximum absolute atomic E-state index is 12.7. The monoisotopic (exact) mass is 391 g/mol. The van der Waals surface area contributed by atoms with E-state index in [1.54, 1.807) is 0 Å². The molecule has 2 aromatic rings. The number of hydrogen-bond acceptors (Lipinski definition) is 6. The zero-order chi connectivity index (χ0) is 20.1. The Morgan fingerprint density at radius 1 is 1.15 bits per heavy atom. The average Bonchev–Trinajstić information content (AvgIpc) is 3.02. The van der Waals surface area contributed by atoms with Gasteiger partial charge in [0.1, 0.15) is 5.75 Å². The number of aryl methyl sites for hydroxylation is 2. The van der Waals surface area contributed by atoms with Crippen molar-refractivity contribution in [2.24, 2.45) is 0 Å². The lowest BCUT2D eigenvalue weighted by molar-refractivity contribution is -0.133. The van der Waals surface area contributed by atoms with Crippen molar-refractivity contribution in [3.8, 4) is 5.75 Å². The van der Waals surface area contributed by atoms with Crippen LogP contribution in [0.2, 0.25) is 0 Å². The molecule has 1 heterocycles. The predicted molar refractivity (Wildman–Crippen MR) is 107 cm³/mol. The van der Waals surface area contributed by atoms with E-state index in [-0.39, 0.29) is 29.8 Å². The molecule has 1 atom stereocenters. The van der Waals surface area contributed by atoms with Crippen LogP contribution in [-0.4, -0.2) is 38.3 Å². The summed E-state index contributed by atoms with van der Waals surface area (Å²) < 4.78 is 11.4. The fourth-order valence-electron chi connectivity index (χ4n) is 2.86. The van der Waals surface area contributed by atoms with Crippen LogP contribution >= 0.6 is 11.8 Å². The molecule has 0 aliphatic rings. The molecule has 1 unspecified atom stereocenters. The minimum absolute atomic E-state index is 0.0661. The number of amides is 1. The Hall–Kier alpha value is -2.02. The number of hydrogen-bond donors (Lipinski definition) is 0. The van der Waals surface area contributed by atoms with Crippen LogP contribution in [0.25, 0.3) is 0 Å². The second-order valence-corrected chi connectivity index (χ2v) is 8.50. The van der Waals surface area contributed by atoms with E-state index in [1.165, 1.54) is 11.8 Å². The smallest absolute Gasteiger partial charge is 0.277 e. The number of aromatic nitrogens is 2. The van der Waals surface area contributed by atoms with Gasteiger partial charge in [-0.25, -0.2) is 0 Å². The maximum Gasteiger partial charge on any atom is 0.277 e. The predicted octanol–water partition coefficient (Wildman–Crippen LogP) is 4.39. The fraction of sp³-hybridized carbons (Fsp3) is 0.550. The highest BCUT2D eigenvalue weighted by Crippen LogP contribution is 2.25. The molecule has 0 bridgehead atoms. The summed E-state index contributed by atoms with van der Waals surface area (Å²) in [5.74, 6) is 1.26. The van der Waals surface area contributed by atoms with Crippen LogP contribution < -0.4 is 4.74 Å². The number of carbonyl (C=O) groups is 1. The molecule has 0 N–H and O–H groups in total. The molecule has 148 valence electrons. The van der Waals surface area contributed by atoms with E-state index in [1.807, 2.05) is 71.6 Å². The van der Waals surface area contributed by atoms with Gasteiger partial charge in [0.2, 0.25) is 5.91 Å². The summed E-state index contributed by atoms with van der Waals surface area (Å²) in [7, 11) is 0. The largest absolute Gasteiger partial charge is 0.484 e. The van der Waals surface area contributed by atoms with Crippen molar-refractivity contribution in [3.05, 3.63) is 35.2 Å². The van der Waals surface area contributed by atoms with Crippen LogP contribution in [0.3, 0.4) is 0 Å². The zero-order valence-electron chi connectivity index (χ0n) is 17.1. The van der Waals surface area contributed by atoms with Gasteiger partial charge in [0, 0.05) is 12.1 Å². The second kappa shape index (κ2) is 9.26. The minimum atomic E-state index is -0.303. The summed E-state index contributed by atoms with van der Waals surface area (Å²) in [5.41, 5.74) is 2.18. The minimum Gasteiger partial charge on any atom is -0.484 e. The van der Waals surface area contributed by atoms with E-state index in [0.29, 0.717) is 11.1 Å². The maximum atomic E-state index is 12.7. The highest BCUT2D eigenvalue weighted by atomic mass is 32.2. The van der Waals surface area contributed by atoms with E-state index in [0.717, 1.165) is 16.9 Å². The highest BCUT2D eigenvalue weighted by Gasteiger charge is 2.27. The van der Waals surface area contributed by atoms with Gasteiger partial charge < -0.3 is 14.1 Å². The van der Waals surface area contributed by atoms with Crippen molar-refractivity contribution in [3.63, 3.8) is 0 Å². The Balaban J connectivity index is 1.97. The molecule has 0 spiro atoms. The quantitative estimate of drug-likeness (QED) is 0.622. The van der Waals surface area contributed by atoms with Gasteiger partial charge in [-0.15, -0.1) is 10.2 Å². The van der Waals surface area contributed by atoms with E-state index >= 15 is 0 Å². The molecule has 7 heteroatoms. The SMILES string of the molecule is Cc1ccc(C)c(OCc2nnc(SC(C)C(=O)N(C(C)C)C(C)C)o2)c1. The number of nitrogens with zero attached hydrogens (tertiary/aromatic N) is 3. The van der Waals surface area contributed by atoms with Crippen molar-refractivity contribution < 1.29 is 13.9 Å². The van der Waals surface area contributed by atoms with Crippen LogP contribution in [0.15, 0.2) is 27.8 Å². The van der Waals surface area contributed by atoms with Gasteiger partial charge in [-0.3, -0.25) is 4.79 Å². The van der Waals surface area contributed by atoms with Gasteiger partial charge in [-0.1, -0.05) is 23.9 Å². The Labute approximate surface area is 165 Å². The summed E-state index contributed by atoms with van der Waals surface area (Å²) in [4.78, 5) is 14.6. The topological polar surface area (TPSA) is 68.5 Å². The first-order valence-corrected chi connectivity index (χ1v) is 10.1. The van der Waals surface area contributed by atoms with Crippen LogP contribution in [0.5, 0.6) is 5.75 Å². The molecule has 1 aromatic heterocycles. The lowest BCUT2D eigenvalue weighted by atomic mass is 10.1. The van der Waals surface area contributed by atoms with Crippen molar-refractivity contribution in [1.82, 2.24) is 15.1 Å². The van der Waals surface area contributed by atoms with Crippen molar-refractivity contribution in [2.75, 3.05) is 0 Å². The Morgan fingerprint density at radius 3 is 2.44 bits per heavy atom. The summed E-state index contributed by atoms with van der Waals surface area (Å²) in [5, 5.41) is 8.13. The molecular formula is C20H29N3O3S. The first-order chi connectivity index (χ1) is 12.7. The van der Waals surface area contributed by atoms with Crippen LogP contribution in [-0.2, 0) is 11.4 Å². The zero-order valence-corrected chi connectivity index (χ0v) is 18.0. The van der Waals surface area contributed by atoms with Gasteiger partial charge in [0.05, 0.1) is 5.25 Å². The summed E-state index contributed by atoms with van der Waals surface area (Å²) in [6.45, 7) is 14.1. The second-order valence-electron chi connectivity index (χ2n) is 7.21. The molecular weight excluding hydrogens is 362 g/mol. The van der Waals surface area contributed by atoms with E-state index in [4.69, 9.17) is 9.15 Å². The molecule has 0 fully saturated rings. The third-order valence-corrected chi connectivity index (χ3v) is 5.06. The summed E-state index contributed by atoms with van der Waals surface area (Å²) in [6.07, 6.45) is 0. The standard InChI is InChI=1S/C20H29N3O3S/c1-12(2)23(13(3)4)19(24)16(7)27-20-22-21-18(26-20)11-25-17-10-14(5)8-9-15(17)6/h8-10,12-13,16H,11H2,1-7H3. The molecule has 0 radical (unpaired) electrons. The number of ether oxygens (including phenoxy) is 1. The molecule has 0 aliphatic carbocycles. The first kappa shape index (κ1) is 21.3. The molecule has 0 saturated carbocycles. The number of rotatable bonds is 8. The van der Waals surface area contributed by atoms with Crippen LogP contribution in [0, 0.1) is 13.8 Å². The molecule has 6 nitrogen and oxygen atoms in total. The van der Waals surface area contributed by atoms with Crippen molar-refractivity contribution in [1.29, 1.82) is 0 Å². The lowest BCUT2D eigenvalue weighted by Crippen LogP contribution is -2.45. The molecule has 1 aromatic carbocycles. The van der Waals surface area contributed by atoms with Crippen molar-refractivity contribution >= 4 is 17.7 Å². The lowest BCUT2D eigenvalue weighted by Gasteiger charge is -2.32. The van der Waals surface area contributed by atoms with Gasteiger partial charge in [-0.05, 0) is 65.7 Å². The first-order valence-electron chi connectivity index (χ1n) is 9.20. The summed E-state index contributed by atoms with van der Waals surface area (Å²) in [6, 6.07) is 6.32. The molecule has 0 aliphatic heterocycles. The Kier molecular flexibility index (Phi) is 7.30. The number of carbonyl (C=O) groups excluding carboxylic acids is 1. The Morgan fingerprint density at radius 2 is 1.81 bits per heavy atom. The number of benzene rings is 1. The van der Waals surface area contributed by atoms with Crippen molar-refractivity contribution in [2.45, 2.75) is 77.6 Å². The fourth-order valence-corrected chi connectivity index (χ4v) is 3.62. The highest BCUT2D eigenvalue weighted by molar-refractivity contribution is 8.00. The summed E-state index contributed by atoms with van der Waals surface area (Å²) >= 11 is 1.28. The Bertz CT molecular complexity index is 766. The molecule has 0 saturated heterocycles. The third-order valence-electron chi connectivity index (χ3n) is 4.14.